The van der Waals surface area contributed by atoms with Gasteiger partial charge in [-0.1, -0.05) is 6.92 Å². The molecular weight excluding hydrogens is 298 g/mol. The number of nitrogens with zero attached hydrogens (tertiary/aromatic N) is 1. The fourth-order valence-corrected chi connectivity index (χ4v) is 1.85. The third-order valence-corrected chi connectivity index (χ3v) is 2.83. The number of halogens is 1. The number of rotatable bonds is 6. The lowest BCUT2D eigenvalue weighted by Crippen LogP contribution is -2.30. The number of aromatic nitrogens is 1. The summed E-state index contributed by atoms with van der Waals surface area (Å²) in [6.45, 7) is 3.21. The number of ether oxygens (including phenoxy) is 1. The number of methoxy groups -OCH3 is 1. The summed E-state index contributed by atoms with van der Waals surface area (Å²) in [7, 11) is 3.39. The van der Waals surface area contributed by atoms with Crippen LogP contribution >= 0.6 is 15.9 Å². The fourth-order valence-electron chi connectivity index (χ4n) is 1.52. The van der Waals surface area contributed by atoms with Gasteiger partial charge in [-0.05, 0) is 27.9 Å². The van der Waals surface area contributed by atoms with Crippen LogP contribution in [-0.2, 0) is 4.74 Å². The molecule has 100 valence electrons. The van der Waals surface area contributed by atoms with Crippen molar-refractivity contribution in [3.63, 3.8) is 0 Å². The number of hydrogen-bond acceptors (Lipinski definition) is 4. The number of nitrogens with one attached hydrogen (secondary N) is 2. The average molecular weight is 316 g/mol. The van der Waals surface area contributed by atoms with Crippen LogP contribution < -0.4 is 10.6 Å². The van der Waals surface area contributed by atoms with Gasteiger partial charge in [0.2, 0.25) is 0 Å². The van der Waals surface area contributed by atoms with E-state index in [2.05, 4.69) is 31.5 Å². The minimum Gasteiger partial charge on any atom is -0.384 e. The summed E-state index contributed by atoms with van der Waals surface area (Å²) in [5.74, 6) is 0.697. The van der Waals surface area contributed by atoms with Crippen LogP contribution in [0.1, 0.15) is 17.3 Å². The maximum absolute atomic E-state index is 12.0. The number of hydrogen-bond donors (Lipinski definition) is 2. The minimum atomic E-state index is -0.142. The zero-order chi connectivity index (χ0) is 13.5. The first kappa shape index (κ1) is 14.9. The van der Waals surface area contributed by atoms with Gasteiger partial charge >= 0.3 is 0 Å². The van der Waals surface area contributed by atoms with Crippen molar-refractivity contribution in [2.24, 2.45) is 5.92 Å². The molecule has 0 aliphatic carbocycles. The SMILES string of the molecule is CNc1ncc(Br)cc1C(=O)NCC(C)COC. The van der Waals surface area contributed by atoms with E-state index in [4.69, 9.17) is 4.74 Å². The molecule has 0 saturated heterocycles. The summed E-state index contributed by atoms with van der Waals surface area (Å²) < 4.78 is 5.80. The van der Waals surface area contributed by atoms with Crippen LogP contribution in [0.4, 0.5) is 5.82 Å². The van der Waals surface area contributed by atoms with Crippen molar-refractivity contribution in [2.45, 2.75) is 6.92 Å². The van der Waals surface area contributed by atoms with Crippen LogP contribution in [0.3, 0.4) is 0 Å². The molecule has 0 aromatic carbocycles. The molecule has 18 heavy (non-hydrogen) atoms. The average Bonchev–Trinajstić information content (AvgIpc) is 2.36. The predicted octanol–water partition coefficient (Wildman–Crippen LogP) is 1.90. The molecule has 2 N–H and O–H groups in total. The lowest BCUT2D eigenvalue weighted by molar-refractivity contribution is 0.0934. The van der Waals surface area contributed by atoms with Crippen molar-refractivity contribution in [1.29, 1.82) is 0 Å². The first-order valence-electron chi connectivity index (χ1n) is 5.69. The molecule has 1 atom stereocenters. The van der Waals surface area contributed by atoms with Crippen molar-refractivity contribution in [3.8, 4) is 0 Å². The molecule has 1 aromatic heterocycles. The van der Waals surface area contributed by atoms with Crippen LogP contribution in [0.25, 0.3) is 0 Å². The molecule has 0 spiro atoms. The molecule has 0 radical (unpaired) electrons. The highest BCUT2D eigenvalue weighted by atomic mass is 79.9. The van der Waals surface area contributed by atoms with Gasteiger partial charge in [0.05, 0.1) is 12.2 Å². The van der Waals surface area contributed by atoms with Crippen LogP contribution in [0.15, 0.2) is 16.7 Å². The second-order valence-electron chi connectivity index (χ2n) is 4.07. The third kappa shape index (κ3) is 4.27. The van der Waals surface area contributed by atoms with Crippen LogP contribution in [-0.4, -0.2) is 38.2 Å². The minimum absolute atomic E-state index is 0.142. The van der Waals surface area contributed by atoms with E-state index in [-0.39, 0.29) is 11.8 Å². The molecule has 0 saturated carbocycles. The molecular formula is C12H18BrN3O2. The van der Waals surface area contributed by atoms with E-state index in [1.54, 1.807) is 26.4 Å². The monoisotopic (exact) mass is 315 g/mol. The number of anilines is 1. The lowest BCUT2D eigenvalue weighted by atomic mass is 10.2. The molecule has 0 bridgehead atoms. The Balaban J connectivity index is 2.68. The number of carbonyl (C=O) groups excluding carboxylic acids is 1. The topological polar surface area (TPSA) is 63.2 Å². The van der Waals surface area contributed by atoms with Crippen LogP contribution in [0.2, 0.25) is 0 Å². The van der Waals surface area contributed by atoms with E-state index < -0.39 is 0 Å². The van der Waals surface area contributed by atoms with Crippen molar-refractivity contribution in [3.05, 3.63) is 22.3 Å². The van der Waals surface area contributed by atoms with E-state index in [0.29, 0.717) is 24.5 Å². The second kappa shape index (κ2) is 7.33. The number of pyridine rings is 1. The summed E-state index contributed by atoms with van der Waals surface area (Å²) in [4.78, 5) is 16.2. The van der Waals surface area contributed by atoms with Crippen molar-refractivity contribution in [1.82, 2.24) is 10.3 Å². The van der Waals surface area contributed by atoms with Gasteiger partial charge < -0.3 is 15.4 Å². The molecule has 1 heterocycles. The zero-order valence-corrected chi connectivity index (χ0v) is 12.4. The Morgan fingerprint density at radius 2 is 2.33 bits per heavy atom. The predicted molar refractivity (Wildman–Crippen MR) is 74.9 cm³/mol. The Bertz CT molecular complexity index is 412. The van der Waals surface area contributed by atoms with Gasteiger partial charge in [0.25, 0.3) is 5.91 Å². The van der Waals surface area contributed by atoms with Gasteiger partial charge in [-0.25, -0.2) is 4.98 Å². The lowest BCUT2D eigenvalue weighted by Gasteiger charge is -2.13. The highest BCUT2D eigenvalue weighted by Gasteiger charge is 2.13. The van der Waals surface area contributed by atoms with E-state index >= 15 is 0 Å². The van der Waals surface area contributed by atoms with Gasteiger partial charge in [0.1, 0.15) is 5.82 Å². The number of amides is 1. The van der Waals surface area contributed by atoms with Crippen molar-refractivity contribution < 1.29 is 9.53 Å². The number of carbonyl (C=O) groups is 1. The van der Waals surface area contributed by atoms with Gasteiger partial charge in [0, 0.05) is 31.4 Å². The smallest absolute Gasteiger partial charge is 0.255 e. The molecule has 1 unspecified atom stereocenters. The fraction of sp³-hybridized carbons (Fsp3) is 0.500. The van der Waals surface area contributed by atoms with Gasteiger partial charge in [-0.3, -0.25) is 4.79 Å². The van der Waals surface area contributed by atoms with Crippen LogP contribution in [0.5, 0.6) is 0 Å². The third-order valence-electron chi connectivity index (χ3n) is 2.40. The summed E-state index contributed by atoms with van der Waals surface area (Å²) in [6.07, 6.45) is 1.65. The normalized spacial score (nSPS) is 12.0. The quantitative estimate of drug-likeness (QED) is 0.841. The van der Waals surface area contributed by atoms with E-state index in [9.17, 15) is 4.79 Å². The molecule has 0 aliphatic rings. The highest BCUT2D eigenvalue weighted by Crippen LogP contribution is 2.17. The Morgan fingerprint density at radius 1 is 1.61 bits per heavy atom. The largest absolute Gasteiger partial charge is 0.384 e. The van der Waals surface area contributed by atoms with Crippen molar-refractivity contribution in [2.75, 3.05) is 32.6 Å². The second-order valence-corrected chi connectivity index (χ2v) is 4.99. The molecule has 0 fully saturated rings. The Morgan fingerprint density at radius 3 is 2.94 bits per heavy atom. The standard InChI is InChI=1S/C12H18BrN3O2/c1-8(7-18-3)5-16-12(17)10-4-9(13)6-15-11(10)14-2/h4,6,8H,5,7H2,1-3H3,(H,14,15)(H,16,17). The molecule has 1 aromatic rings. The highest BCUT2D eigenvalue weighted by molar-refractivity contribution is 9.10. The Hall–Kier alpha value is -1.14. The Labute approximate surface area is 115 Å². The van der Waals surface area contributed by atoms with Gasteiger partial charge in [0.15, 0.2) is 0 Å². The first-order chi connectivity index (χ1) is 8.58. The van der Waals surface area contributed by atoms with E-state index in [0.717, 1.165) is 4.47 Å². The Kier molecular flexibility index (Phi) is 6.07. The van der Waals surface area contributed by atoms with Gasteiger partial charge in [-0.2, -0.15) is 0 Å². The summed E-state index contributed by atoms with van der Waals surface area (Å²) in [5.41, 5.74) is 0.525. The molecule has 1 rings (SSSR count). The molecule has 0 aliphatic heterocycles. The van der Waals surface area contributed by atoms with E-state index in [1.807, 2.05) is 6.92 Å². The van der Waals surface area contributed by atoms with Gasteiger partial charge in [-0.15, -0.1) is 0 Å². The maximum atomic E-state index is 12.0. The molecule has 1 amide bonds. The maximum Gasteiger partial charge on any atom is 0.255 e. The summed E-state index contributed by atoms with van der Waals surface area (Å²) in [5, 5.41) is 5.76. The zero-order valence-electron chi connectivity index (χ0n) is 10.8. The first-order valence-corrected chi connectivity index (χ1v) is 6.48. The van der Waals surface area contributed by atoms with E-state index in [1.165, 1.54) is 0 Å². The molecule has 6 heteroatoms. The van der Waals surface area contributed by atoms with Crippen LogP contribution in [0, 0.1) is 5.92 Å². The summed E-state index contributed by atoms with van der Waals surface area (Å²) >= 11 is 3.31. The van der Waals surface area contributed by atoms with Crippen molar-refractivity contribution >= 4 is 27.7 Å². The summed E-state index contributed by atoms with van der Waals surface area (Å²) in [6, 6.07) is 1.75. The molecule has 5 nitrogen and oxygen atoms in total.